The molecule has 21 heavy (non-hydrogen) atoms. The lowest BCUT2D eigenvalue weighted by atomic mass is 9.89. The molecule has 1 aromatic rings. The molecule has 0 spiro atoms. The first-order chi connectivity index (χ1) is 10.2. The lowest BCUT2D eigenvalue weighted by molar-refractivity contribution is -0.0365. The van der Waals surface area contributed by atoms with Crippen LogP contribution in [0.2, 0.25) is 0 Å². The topological polar surface area (TPSA) is 21.3 Å². The van der Waals surface area contributed by atoms with E-state index in [1.54, 1.807) is 0 Å². The molecular weight excluding hydrogens is 326 g/mol. The Hall–Kier alpha value is -0.380. The summed E-state index contributed by atoms with van der Waals surface area (Å²) in [5.41, 5.74) is 1.26. The number of rotatable bonds is 7. The molecule has 1 atom stereocenters. The fourth-order valence-corrected chi connectivity index (χ4v) is 3.52. The lowest BCUT2D eigenvalue weighted by Crippen LogP contribution is -2.29. The largest absolute Gasteiger partial charge is 0.369 e. The smallest absolute Gasteiger partial charge is 0.0963 e. The molecule has 0 bridgehead atoms. The van der Waals surface area contributed by atoms with E-state index in [1.165, 1.54) is 31.2 Å². The van der Waals surface area contributed by atoms with E-state index in [4.69, 9.17) is 4.74 Å². The second-order valence-electron chi connectivity index (χ2n) is 6.23. The Labute approximate surface area is 137 Å². The van der Waals surface area contributed by atoms with E-state index in [2.05, 4.69) is 59.4 Å². The molecular formula is C18H28BrNO. The zero-order chi connectivity index (χ0) is 15.1. The molecule has 3 heteroatoms. The molecule has 1 aromatic carbocycles. The van der Waals surface area contributed by atoms with E-state index in [0.29, 0.717) is 6.10 Å². The Bertz CT molecular complexity index is 415. The first-order valence-corrected chi connectivity index (χ1v) is 9.10. The highest BCUT2D eigenvalue weighted by atomic mass is 79.9. The first kappa shape index (κ1) is 17.0. The van der Waals surface area contributed by atoms with E-state index < -0.39 is 0 Å². The molecule has 1 N–H and O–H groups in total. The van der Waals surface area contributed by atoms with Gasteiger partial charge in [-0.2, -0.15) is 0 Å². The second kappa shape index (κ2) is 8.92. The van der Waals surface area contributed by atoms with Gasteiger partial charge in [0.05, 0.1) is 12.2 Å². The molecule has 1 fully saturated rings. The standard InChI is InChI=1S/C18H28BrNO/c1-3-12-20-13-18(16-6-4-5-7-17(16)19)21-15-10-8-14(2)9-11-15/h4-7,14-15,18,20H,3,8-13H2,1-2H3. The zero-order valence-corrected chi connectivity index (χ0v) is 14.9. The van der Waals surface area contributed by atoms with Crippen LogP contribution in [0, 0.1) is 5.92 Å². The van der Waals surface area contributed by atoms with Gasteiger partial charge >= 0.3 is 0 Å². The van der Waals surface area contributed by atoms with Gasteiger partial charge in [0.25, 0.3) is 0 Å². The van der Waals surface area contributed by atoms with E-state index in [0.717, 1.165) is 29.9 Å². The summed E-state index contributed by atoms with van der Waals surface area (Å²) in [6.07, 6.45) is 6.73. The monoisotopic (exact) mass is 353 g/mol. The Morgan fingerprint density at radius 2 is 1.95 bits per heavy atom. The quantitative estimate of drug-likeness (QED) is 0.689. The summed E-state index contributed by atoms with van der Waals surface area (Å²) in [5.74, 6) is 0.866. The minimum atomic E-state index is 0.144. The van der Waals surface area contributed by atoms with Gasteiger partial charge in [-0.1, -0.05) is 48.0 Å². The highest BCUT2D eigenvalue weighted by molar-refractivity contribution is 9.10. The first-order valence-electron chi connectivity index (χ1n) is 8.31. The van der Waals surface area contributed by atoms with Crippen molar-refractivity contribution in [3.63, 3.8) is 0 Å². The number of nitrogens with one attached hydrogen (secondary N) is 1. The van der Waals surface area contributed by atoms with Crippen molar-refractivity contribution in [3.8, 4) is 0 Å². The third-order valence-electron chi connectivity index (χ3n) is 4.33. The lowest BCUT2D eigenvalue weighted by Gasteiger charge is -2.31. The number of ether oxygens (including phenoxy) is 1. The molecule has 2 nitrogen and oxygen atoms in total. The molecule has 1 aliphatic carbocycles. The van der Waals surface area contributed by atoms with Crippen molar-refractivity contribution < 1.29 is 4.74 Å². The summed E-state index contributed by atoms with van der Waals surface area (Å²) in [4.78, 5) is 0. The van der Waals surface area contributed by atoms with Crippen molar-refractivity contribution >= 4 is 15.9 Å². The van der Waals surface area contributed by atoms with Crippen molar-refractivity contribution in [1.29, 1.82) is 0 Å². The molecule has 0 aromatic heterocycles. The maximum atomic E-state index is 6.46. The van der Waals surface area contributed by atoms with Gasteiger partial charge in [-0.3, -0.25) is 0 Å². The Balaban J connectivity index is 2.00. The van der Waals surface area contributed by atoms with Crippen molar-refractivity contribution in [3.05, 3.63) is 34.3 Å². The summed E-state index contributed by atoms with van der Waals surface area (Å²) in [5, 5.41) is 3.51. The molecule has 0 aliphatic heterocycles. The van der Waals surface area contributed by atoms with E-state index in [1.807, 2.05) is 0 Å². The average molecular weight is 354 g/mol. The number of halogens is 1. The van der Waals surface area contributed by atoms with Crippen molar-refractivity contribution in [2.75, 3.05) is 13.1 Å². The average Bonchev–Trinajstić information content (AvgIpc) is 2.49. The highest BCUT2D eigenvalue weighted by Gasteiger charge is 2.23. The summed E-state index contributed by atoms with van der Waals surface area (Å²) >= 11 is 3.67. The van der Waals surface area contributed by atoms with Gasteiger partial charge in [-0.05, 0) is 56.2 Å². The van der Waals surface area contributed by atoms with E-state index >= 15 is 0 Å². The second-order valence-corrected chi connectivity index (χ2v) is 7.09. The minimum absolute atomic E-state index is 0.144. The van der Waals surface area contributed by atoms with Gasteiger partial charge in [-0.25, -0.2) is 0 Å². The van der Waals surface area contributed by atoms with Gasteiger partial charge < -0.3 is 10.1 Å². The molecule has 2 rings (SSSR count). The van der Waals surface area contributed by atoms with Crippen molar-refractivity contribution in [1.82, 2.24) is 5.32 Å². The van der Waals surface area contributed by atoms with Gasteiger partial charge in [0.2, 0.25) is 0 Å². The SMILES string of the molecule is CCCNCC(OC1CCC(C)CC1)c1ccccc1Br. The number of hydrogen-bond acceptors (Lipinski definition) is 2. The summed E-state index contributed by atoms with van der Waals surface area (Å²) in [7, 11) is 0. The van der Waals surface area contributed by atoms with Crippen LogP contribution < -0.4 is 5.32 Å². The number of benzene rings is 1. The van der Waals surface area contributed by atoms with Crippen LogP contribution in [-0.4, -0.2) is 19.2 Å². The summed E-state index contributed by atoms with van der Waals surface area (Å²) in [6.45, 7) is 6.49. The van der Waals surface area contributed by atoms with Crippen LogP contribution >= 0.6 is 15.9 Å². The molecule has 118 valence electrons. The Morgan fingerprint density at radius 1 is 1.24 bits per heavy atom. The van der Waals surface area contributed by atoms with Crippen LogP contribution in [0.4, 0.5) is 0 Å². The van der Waals surface area contributed by atoms with Crippen LogP contribution in [0.3, 0.4) is 0 Å². The maximum absolute atomic E-state index is 6.46. The maximum Gasteiger partial charge on any atom is 0.0963 e. The Morgan fingerprint density at radius 3 is 2.62 bits per heavy atom. The molecule has 1 saturated carbocycles. The molecule has 1 unspecified atom stereocenters. The zero-order valence-electron chi connectivity index (χ0n) is 13.3. The number of hydrogen-bond donors (Lipinski definition) is 1. The van der Waals surface area contributed by atoms with Gasteiger partial charge in [0.1, 0.15) is 0 Å². The van der Waals surface area contributed by atoms with Crippen LogP contribution in [-0.2, 0) is 4.74 Å². The van der Waals surface area contributed by atoms with Crippen LogP contribution in [0.1, 0.15) is 57.6 Å². The van der Waals surface area contributed by atoms with E-state index in [-0.39, 0.29) is 6.10 Å². The molecule has 0 saturated heterocycles. The van der Waals surface area contributed by atoms with Gasteiger partial charge in [-0.15, -0.1) is 0 Å². The normalized spacial score (nSPS) is 24.0. The summed E-state index contributed by atoms with van der Waals surface area (Å²) in [6, 6.07) is 8.44. The van der Waals surface area contributed by atoms with Crippen molar-refractivity contribution in [2.24, 2.45) is 5.92 Å². The fraction of sp³-hybridized carbons (Fsp3) is 0.667. The minimum Gasteiger partial charge on any atom is -0.369 e. The third-order valence-corrected chi connectivity index (χ3v) is 5.05. The Kier molecular flexibility index (Phi) is 7.21. The van der Waals surface area contributed by atoms with Crippen LogP contribution in [0.25, 0.3) is 0 Å². The van der Waals surface area contributed by atoms with Gasteiger partial charge in [0, 0.05) is 11.0 Å². The fourth-order valence-electron chi connectivity index (χ4n) is 2.98. The van der Waals surface area contributed by atoms with Crippen LogP contribution in [0.5, 0.6) is 0 Å². The van der Waals surface area contributed by atoms with E-state index in [9.17, 15) is 0 Å². The van der Waals surface area contributed by atoms with Gasteiger partial charge in [0.15, 0.2) is 0 Å². The molecule has 0 radical (unpaired) electrons. The van der Waals surface area contributed by atoms with Crippen LogP contribution in [0.15, 0.2) is 28.7 Å². The molecule has 0 amide bonds. The van der Waals surface area contributed by atoms with Crippen molar-refractivity contribution in [2.45, 2.75) is 58.2 Å². The summed E-state index contributed by atoms with van der Waals surface area (Å²) < 4.78 is 7.61. The third kappa shape index (κ3) is 5.39. The molecule has 1 aliphatic rings. The predicted octanol–water partition coefficient (Wildman–Crippen LogP) is 5.09. The molecule has 0 heterocycles. The highest BCUT2D eigenvalue weighted by Crippen LogP contribution is 2.32. The predicted molar refractivity (Wildman–Crippen MR) is 92.5 cm³/mol.